The van der Waals surface area contributed by atoms with E-state index in [9.17, 15) is 5.11 Å². The SMILES string of the molecule is Cc1ccccc1C(CO)c1c(C)n(C)c2ccccc12. The number of aliphatic hydroxyl groups is 1. The van der Waals surface area contributed by atoms with Gasteiger partial charge in [0.15, 0.2) is 0 Å². The van der Waals surface area contributed by atoms with E-state index in [0.29, 0.717) is 0 Å². The fraction of sp³-hybridized carbons (Fsp3) is 0.263. The molecule has 0 spiro atoms. The van der Waals surface area contributed by atoms with Crippen LogP contribution in [0.2, 0.25) is 0 Å². The molecule has 1 N–H and O–H groups in total. The first kappa shape index (κ1) is 13.9. The molecule has 0 aliphatic carbocycles. The Morgan fingerprint density at radius 2 is 1.67 bits per heavy atom. The highest BCUT2D eigenvalue weighted by atomic mass is 16.3. The van der Waals surface area contributed by atoms with E-state index in [4.69, 9.17) is 0 Å². The van der Waals surface area contributed by atoms with Crippen LogP contribution in [0.4, 0.5) is 0 Å². The van der Waals surface area contributed by atoms with Gasteiger partial charge in [-0.1, -0.05) is 42.5 Å². The lowest BCUT2D eigenvalue weighted by molar-refractivity contribution is 0.280. The van der Waals surface area contributed by atoms with Crippen LogP contribution in [-0.2, 0) is 7.05 Å². The quantitative estimate of drug-likeness (QED) is 0.772. The first-order valence-electron chi connectivity index (χ1n) is 7.35. The predicted molar refractivity (Wildman–Crippen MR) is 87.8 cm³/mol. The van der Waals surface area contributed by atoms with Gasteiger partial charge in [-0.2, -0.15) is 0 Å². The van der Waals surface area contributed by atoms with Gasteiger partial charge in [0, 0.05) is 29.6 Å². The lowest BCUT2D eigenvalue weighted by atomic mass is 9.87. The normalized spacial score (nSPS) is 12.8. The van der Waals surface area contributed by atoms with Crippen LogP contribution < -0.4 is 0 Å². The minimum Gasteiger partial charge on any atom is -0.395 e. The number of benzene rings is 2. The molecule has 0 saturated heterocycles. The van der Waals surface area contributed by atoms with Crippen LogP contribution in [0, 0.1) is 13.8 Å². The molecular weight excluding hydrogens is 258 g/mol. The third-order valence-electron chi connectivity index (χ3n) is 4.54. The molecule has 0 fully saturated rings. The molecule has 1 unspecified atom stereocenters. The molecule has 3 rings (SSSR count). The highest BCUT2D eigenvalue weighted by Crippen LogP contribution is 2.35. The van der Waals surface area contributed by atoms with Crippen molar-refractivity contribution in [1.82, 2.24) is 4.57 Å². The molecule has 2 heteroatoms. The number of aromatic nitrogens is 1. The minimum absolute atomic E-state index is 0.0253. The summed E-state index contributed by atoms with van der Waals surface area (Å²) in [7, 11) is 2.09. The highest BCUT2D eigenvalue weighted by molar-refractivity contribution is 5.86. The number of rotatable bonds is 3. The zero-order chi connectivity index (χ0) is 15.0. The van der Waals surface area contributed by atoms with Gasteiger partial charge in [0.2, 0.25) is 0 Å². The van der Waals surface area contributed by atoms with Crippen LogP contribution in [0.5, 0.6) is 0 Å². The van der Waals surface area contributed by atoms with E-state index < -0.39 is 0 Å². The molecule has 108 valence electrons. The van der Waals surface area contributed by atoms with E-state index in [2.05, 4.69) is 61.9 Å². The minimum atomic E-state index is 0.0253. The summed E-state index contributed by atoms with van der Waals surface area (Å²) in [5, 5.41) is 11.3. The van der Waals surface area contributed by atoms with Crippen LogP contribution in [0.25, 0.3) is 10.9 Å². The molecule has 2 aromatic carbocycles. The van der Waals surface area contributed by atoms with Crippen LogP contribution in [0.3, 0.4) is 0 Å². The van der Waals surface area contributed by atoms with Gasteiger partial charge in [-0.05, 0) is 36.6 Å². The van der Waals surface area contributed by atoms with Crippen LogP contribution in [-0.4, -0.2) is 16.3 Å². The summed E-state index contributed by atoms with van der Waals surface area (Å²) in [5.41, 5.74) is 6.11. The van der Waals surface area contributed by atoms with Crippen LogP contribution >= 0.6 is 0 Å². The maximum Gasteiger partial charge on any atom is 0.0541 e. The van der Waals surface area contributed by atoms with Gasteiger partial charge < -0.3 is 9.67 Å². The fourth-order valence-electron chi connectivity index (χ4n) is 3.31. The number of hydrogen-bond acceptors (Lipinski definition) is 1. The van der Waals surface area contributed by atoms with Crippen molar-refractivity contribution in [2.75, 3.05) is 6.61 Å². The fourth-order valence-corrected chi connectivity index (χ4v) is 3.31. The van der Waals surface area contributed by atoms with E-state index in [0.717, 1.165) is 0 Å². The summed E-state index contributed by atoms with van der Waals surface area (Å²) in [5.74, 6) is 0.0253. The zero-order valence-electron chi connectivity index (χ0n) is 12.8. The summed E-state index contributed by atoms with van der Waals surface area (Å²) >= 11 is 0. The van der Waals surface area contributed by atoms with Crippen molar-refractivity contribution >= 4 is 10.9 Å². The standard InChI is InChI=1S/C19H21NO/c1-13-8-4-5-9-15(13)17(12-21)19-14(2)20(3)18-11-7-6-10-16(18)19/h4-11,17,21H,12H2,1-3H3. The molecule has 0 amide bonds. The van der Waals surface area contributed by atoms with Gasteiger partial charge >= 0.3 is 0 Å². The second-order valence-corrected chi connectivity index (χ2v) is 5.67. The van der Waals surface area contributed by atoms with Crippen molar-refractivity contribution < 1.29 is 5.11 Å². The van der Waals surface area contributed by atoms with Crippen molar-refractivity contribution in [3.05, 3.63) is 70.9 Å². The van der Waals surface area contributed by atoms with Crippen molar-refractivity contribution in [2.24, 2.45) is 7.05 Å². The average molecular weight is 279 g/mol. The maximum absolute atomic E-state index is 10.0. The molecule has 0 bridgehead atoms. The number of fused-ring (bicyclic) bond motifs is 1. The summed E-state index contributed by atoms with van der Waals surface area (Å²) in [6.07, 6.45) is 0. The summed E-state index contributed by atoms with van der Waals surface area (Å²) in [6.45, 7) is 4.37. The van der Waals surface area contributed by atoms with E-state index >= 15 is 0 Å². The second kappa shape index (κ2) is 5.38. The number of nitrogens with zero attached hydrogens (tertiary/aromatic N) is 1. The Bertz CT molecular complexity index is 785. The summed E-state index contributed by atoms with van der Waals surface area (Å²) in [6, 6.07) is 16.7. The van der Waals surface area contributed by atoms with E-state index in [1.54, 1.807) is 0 Å². The molecule has 0 saturated carbocycles. The third kappa shape index (κ3) is 2.16. The Labute approximate surface area is 125 Å². The smallest absolute Gasteiger partial charge is 0.0541 e. The first-order valence-corrected chi connectivity index (χ1v) is 7.35. The molecule has 1 atom stereocenters. The summed E-state index contributed by atoms with van der Waals surface area (Å²) in [4.78, 5) is 0. The van der Waals surface area contributed by atoms with Gasteiger partial charge in [0.05, 0.1) is 6.61 Å². The maximum atomic E-state index is 10.0. The van der Waals surface area contributed by atoms with Crippen molar-refractivity contribution in [1.29, 1.82) is 0 Å². The predicted octanol–water partition coefficient (Wildman–Crippen LogP) is 3.92. The monoisotopic (exact) mass is 279 g/mol. The summed E-state index contributed by atoms with van der Waals surface area (Å²) < 4.78 is 2.21. The van der Waals surface area contributed by atoms with E-state index in [1.807, 2.05) is 12.1 Å². The lowest BCUT2D eigenvalue weighted by Crippen LogP contribution is -2.09. The Kier molecular flexibility index (Phi) is 3.56. The second-order valence-electron chi connectivity index (χ2n) is 5.67. The van der Waals surface area contributed by atoms with Gasteiger partial charge in [-0.3, -0.25) is 0 Å². The first-order chi connectivity index (χ1) is 10.1. The molecule has 1 heterocycles. The number of para-hydroxylation sites is 1. The largest absolute Gasteiger partial charge is 0.395 e. The Morgan fingerprint density at radius 3 is 2.38 bits per heavy atom. The Hall–Kier alpha value is -2.06. The molecule has 21 heavy (non-hydrogen) atoms. The molecular formula is C19H21NO. The van der Waals surface area contributed by atoms with E-state index in [-0.39, 0.29) is 12.5 Å². The van der Waals surface area contributed by atoms with Gasteiger partial charge in [0.1, 0.15) is 0 Å². The third-order valence-corrected chi connectivity index (χ3v) is 4.54. The van der Waals surface area contributed by atoms with Crippen LogP contribution in [0.15, 0.2) is 48.5 Å². The van der Waals surface area contributed by atoms with Crippen molar-refractivity contribution in [3.63, 3.8) is 0 Å². The Morgan fingerprint density at radius 1 is 1.00 bits per heavy atom. The molecule has 3 aromatic rings. The Balaban J connectivity index is 2.28. The highest BCUT2D eigenvalue weighted by Gasteiger charge is 2.22. The molecule has 0 aliphatic rings. The van der Waals surface area contributed by atoms with E-state index in [1.165, 1.54) is 33.3 Å². The zero-order valence-corrected chi connectivity index (χ0v) is 12.8. The number of aliphatic hydroxyl groups excluding tert-OH is 1. The van der Waals surface area contributed by atoms with Crippen molar-refractivity contribution in [3.8, 4) is 0 Å². The van der Waals surface area contributed by atoms with Gasteiger partial charge in [-0.15, -0.1) is 0 Å². The number of aryl methyl sites for hydroxylation is 2. The molecule has 1 aromatic heterocycles. The van der Waals surface area contributed by atoms with Crippen LogP contribution in [0.1, 0.15) is 28.3 Å². The lowest BCUT2D eigenvalue weighted by Gasteiger charge is -2.18. The average Bonchev–Trinajstić information content (AvgIpc) is 2.75. The molecule has 2 nitrogen and oxygen atoms in total. The molecule has 0 radical (unpaired) electrons. The van der Waals surface area contributed by atoms with Gasteiger partial charge in [-0.25, -0.2) is 0 Å². The van der Waals surface area contributed by atoms with Gasteiger partial charge in [0.25, 0.3) is 0 Å². The number of hydrogen-bond donors (Lipinski definition) is 1. The topological polar surface area (TPSA) is 25.2 Å². The molecule has 0 aliphatic heterocycles. The van der Waals surface area contributed by atoms with Crippen molar-refractivity contribution in [2.45, 2.75) is 19.8 Å².